The van der Waals surface area contributed by atoms with Crippen LogP contribution in [0.15, 0.2) is 36.4 Å². The molecule has 3 aromatic rings. The lowest BCUT2D eigenvalue weighted by atomic mass is 10.0. The zero-order valence-electron chi connectivity index (χ0n) is 17.3. The number of ether oxygens (including phenoxy) is 3. The standard InChI is InChI=1S/C22H22N2O6/c1-12-13(2)16(10-9-14(12)21(25)26)24-17(11-15(23-24)22(27)30-5)20-18(28-3)7-6-8-19(20)29-4/h6-11H,1-5H3,(H,25,26). The van der Waals surface area contributed by atoms with E-state index in [-0.39, 0.29) is 11.3 Å². The lowest BCUT2D eigenvalue weighted by Gasteiger charge is -2.17. The second-order valence-corrected chi connectivity index (χ2v) is 6.54. The first-order chi connectivity index (χ1) is 14.3. The Hall–Kier alpha value is -3.81. The molecule has 8 heteroatoms. The van der Waals surface area contributed by atoms with Gasteiger partial charge in [-0.15, -0.1) is 0 Å². The average molecular weight is 410 g/mol. The first-order valence-corrected chi connectivity index (χ1v) is 9.07. The van der Waals surface area contributed by atoms with Crippen molar-refractivity contribution >= 4 is 11.9 Å². The summed E-state index contributed by atoms with van der Waals surface area (Å²) in [5.74, 6) is -0.545. The largest absolute Gasteiger partial charge is 0.496 e. The lowest BCUT2D eigenvalue weighted by Crippen LogP contribution is -2.09. The summed E-state index contributed by atoms with van der Waals surface area (Å²) in [5.41, 5.74) is 3.38. The molecule has 0 atom stereocenters. The Labute approximate surface area is 173 Å². The van der Waals surface area contributed by atoms with E-state index < -0.39 is 11.9 Å². The van der Waals surface area contributed by atoms with Crippen LogP contribution in [0.5, 0.6) is 11.5 Å². The second-order valence-electron chi connectivity index (χ2n) is 6.54. The Morgan fingerprint density at radius 2 is 1.60 bits per heavy atom. The summed E-state index contributed by atoms with van der Waals surface area (Å²) in [7, 11) is 4.36. The quantitative estimate of drug-likeness (QED) is 0.619. The molecule has 1 aromatic heterocycles. The third-order valence-electron chi connectivity index (χ3n) is 5.01. The van der Waals surface area contributed by atoms with Crippen molar-refractivity contribution in [3.8, 4) is 28.4 Å². The SMILES string of the molecule is COC(=O)c1cc(-c2c(OC)cccc2OC)n(-c2ccc(C(=O)O)c(C)c2C)n1. The van der Waals surface area contributed by atoms with Gasteiger partial charge in [0.2, 0.25) is 0 Å². The van der Waals surface area contributed by atoms with E-state index >= 15 is 0 Å². The van der Waals surface area contributed by atoms with Crippen LogP contribution in [0.3, 0.4) is 0 Å². The molecule has 0 radical (unpaired) electrons. The van der Waals surface area contributed by atoms with Gasteiger partial charge in [0, 0.05) is 0 Å². The van der Waals surface area contributed by atoms with E-state index in [0.717, 1.165) is 0 Å². The molecule has 0 fully saturated rings. The molecular weight excluding hydrogens is 388 g/mol. The topological polar surface area (TPSA) is 99.9 Å². The molecule has 2 aromatic carbocycles. The predicted molar refractivity (Wildman–Crippen MR) is 110 cm³/mol. The molecule has 0 aliphatic rings. The van der Waals surface area contributed by atoms with Gasteiger partial charge in [-0.25, -0.2) is 14.3 Å². The maximum atomic E-state index is 12.2. The van der Waals surface area contributed by atoms with Crippen molar-refractivity contribution in [2.24, 2.45) is 0 Å². The molecule has 0 unspecified atom stereocenters. The molecule has 30 heavy (non-hydrogen) atoms. The fourth-order valence-corrected chi connectivity index (χ4v) is 3.32. The van der Waals surface area contributed by atoms with Gasteiger partial charge >= 0.3 is 11.9 Å². The van der Waals surface area contributed by atoms with Gasteiger partial charge in [0.25, 0.3) is 0 Å². The van der Waals surface area contributed by atoms with E-state index in [1.54, 1.807) is 48.9 Å². The third kappa shape index (κ3) is 3.47. The predicted octanol–water partition coefficient (Wildman–Crippen LogP) is 3.66. The minimum Gasteiger partial charge on any atom is -0.496 e. The Kier molecular flexibility index (Phi) is 5.77. The number of carboxylic acid groups (broad SMARTS) is 1. The fourth-order valence-electron chi connectivity index (χ4n) is 3.32. The van der Waals surface area contributed by atoms with Crippen molar-refractivity contribution in [2.45, 2.75) is 13.8 Å². The number of carbonyl (C=O) groups is 2. The van der Waals surface area contributed by atoms with Crippen molar-refractivity contribution in [1.82, 2.24) is 9.78 Å². The molecular formula is C22H22N2O6. The number of carbonyl (C=O) groups excluding carboxylic acids is 1. The molecule has 0 spiro atoms. The van der Waals surface area contributed by atoms with Gasteiger partial charge < -0.3 is 19.3 Å². The molecule has 0 amide bonds. The van der Waals surface area contributed by atoms with Crippen LogP contribution >= 0.6 is 0 Å². The zero-order valence-corrected chi connectivity index (χ0v) is 17.3. The summed E-state index contributed by atoms with van der Waals surface area (Å²) >= 11 is 0. The summed E-state index contributed by atoms with van der Waals surface area (Å²) in [5, 5.41) is 13.9. The number of esters is 1. The van der Waals surface area contributed by atoms with Gasteiger partial charge in [-0.3, -0.25) is 0 Å². The third-order valence-corrected chi connectivity index (χ3v) is 5.01. The number of rotatable bonds is 6. The zero-order chi connectivity index (χ0) is 22.0. The molecule has 0 aliphatic carbocycles. The van der Waals surface area contributed by atoms with E-state index in [1.807, 2.05) is 0 Å². The van der Waals surface area contributed by atoms with Crippen LogP contribution in [0.2, 0.25) is 0 Å². The second kappa shape index (κ2) is 8.28. The van der Waals surface area contributed by atoms with Crippen molar-refractivity contribution in [3.05, 3.63) is 58.8 Å². The number of benzene rings is 2. The van der Waals surface area contributed by atoms with Crippen molar-refractivity contribution in [2.75, 3.05) is 21.3 Å². The minimum absolute atomic E-state index is 0.0971. The van der Waals surface area contributed by atoms with Crippen molar-refractivity contribution in [1.29, 1.82) is 0 Å². The molecule has 0 saturated carbocycles. The number of methoxy groups -OCH3 is 3. The fraction of sp³-hybridized carbons (Fsp3) is 0.227. The number of carboxylic acids is 1. The van der Waals surface area contributed by atoms with Gasteiger partial charge in [-0.2, -0.15) is 5.10 Å². The molecule has 1 heterocycles. The van der Waals surface area contributed by atoms with Gasteiger partial charge in [0.15, 0.2) is 5.69 Å². The smallest absolute Gasteiger partial charge is 0.358 e. The molecule has 0 bridgehead atoms. The Morgan fingerprint density at radius 1 is 0.967 bits per heavy atom. The first-order valence-electron chi connectivity index (χ1n) is 9.07. The normalized spacial score (nSPS) is 10.6. The molecule has 1 N–H and O–H groups in total. The molecule has 8 nitrogen and oxygen atoms in total. The average Bonchev–Trinajstić information content (AvgIpc) is 3.18. The lowest BCUT2D eigenvalue weighted by molar-refractivity contribution is 0.0592. The summed E-state index contributed by atoms with van der Waals surface area (Å²) in [6, 6.07) is 10.1. The van der Waals surface area contributed by atoms with Gasteiger partial charge in [0.05, 0.1) is 43.8 Å². The number of aromatic nitrogens is 2. The summed E-state index contributed by atoms with van der Waals surface area (Å²) in [6.07, 6.45) is 0. The van der Waals surface area contributed by atoms with Gasteiger partial charge in [0.1, 0.15) is 11.5 Å². The maximum Gasteiger partial charge on any atom is 0.358 e. The highest BCUT2D eigenvalue weighted by atomic mass is 16.5. The summed E-state index contributed by atoms with van der Waals surface area (Å²) in [4.78, 5) is 23.7. The number of nitrogens with zero attached hydrogens (tertiary/aromatic N) is 2. The van der Waals surface area contributed by atoms with Crippen molar-refractivity contribution in [3.63, 3.8) is 0 Å². The Morgan fingerprint density at radius 3 is 2.13 bits per heavy atom. The Balaban J connectivity index is 2.36. The van der Waals surface area contributed by atoms with Crippen LogP contribution in [0.25, 0.3) is 16.9 Å². The summed E-state index contributed by atoms with van der Waals surface area (Å²) in [6.45, 7) is 3.54. The first kappa shape index (κ1) is 20.9. The van der Waals surface area contributed by atoms with Crippen LogP contribution in [-0.2, 0) is 4.74 Å². The summed E-state index contributed by atoms with van der Waals surface area (Å²) < 4.78 is 17.4. The minimum atomic E-state index is -1.01. The number of hydrogen-bond acceptors (Lipinski definition) is 6. The van der Waals surface area contributed by atoms with E-state index in [0.29, 0.717) is 39.6 Å². The van der Waals surface area contributed by atoms with Crippen LogP contribution in [0.4, 0.5) is 0 Å². The van der Waals surface area contributed by atoms with Gasteiger partial charge in [-0.05, 0) is 55.3 Å². The van der Waals surface area contributed by atoms with Crippen LogP contribution < -0.4 is 9.47 Å². The highest BCUT2D eigenvalue weighted by Gasteiger charge is 2.24. The highest BCUT2D eigenvalue weighted by Crippen LogP contribution is 2.40. The number of aromatic carboxylic acids is 1. The van der Waals surface area contributed by atoms with E-state index in [9.17, 15) is 14.7 Å². The monoisotopic (exact) mass is 410 g/mol. The Bertz CT molecular complexity index is 1110. The van der Waals surface area contributed by atoms with Crippen LogP contribution in [0.1, 0.15) is 32.0 Å². The van der Waals surface area contributed by atoms with E-state index in [1.165, 1.54) is 27.4 Å². The van der Waals surface area contributed by atoms with Crippen LogP contribution in [0, 0.1) is 13.8 Å². The molecule has 156 valence electrons. The van der Waals surface area contributed by atoms with E-state index in [2.05, 4.69) is 5.10 Å². The van der Waals surface area contributed by atoms with E-state index in [4.69, 9.17) is 14.2 Å². The van der Waals surface area contributed by atoms with Gasteiger partial charge in [-0.1, -0.05) is 6.07 Å². The highest BCUT2D eigenvalue weighted by molar-refractivity contribution is 5.91. The molecule has 3 rings (SSSR count). The molecule has 0 aliphatic heterocycles. The maximum absolute atomic E-state index is 12.2. The van der Waals surface area contributed by atoms with Crippen LogP contribution in [-0.4, -0.2) is 48.2 Å². The van der Waals surface area contributed by atoms with Crippen molar-refractivity contribution < 1.29 is 28.9 Å². The number of hydrogen-bond donors (Lipinski definition) is 1. The molecule has 0 saturated heterocycles.